The standard InChI is InChI=1S/C21H20F2N4OS/c22-20(23)13-6-9-26(11-13)16-5-8-24-15-12-27(21(28)19(15)16)10-7-18-25-14-3-1-2-4-17(14)29-18/h1-5,8,13,20H,6-7,9-12H2. The predicted octanol–water partition coefficient (Wildman–Crippen LogP) is 3.98. The van der Waals surface area contributed by atoms with Crippen molar-refractivity contribution in [1.29, 1.82) is 0 Å². The number of hydrogen-bond acceptors (Lipinski definition) is 5. The first-order valence-electron chi connectivity index (χ1n) is 9.75. The van der Waals surface area contributed by atoms with E-state index in [0.717, 1.165) is 26.6 Å². The van der Waals surface area contributed by atoms with Crippen LogP contribution in [-0.2, 0) is 13.0 Å². The van der Waals surface area contributed by atoms with Gasteiger partial charge >= 0.3 is 0 Å². The molecule has 0 aliphatic carbocycles. The average molecular weight is 414 g/mol. The number of rotatable bonds is 5. The number of halogens is 2. The smallest absolute Gasteiger partial charge is 0.258 e. The molecule has 0 radical (unpaired) electrons. The SMILES string of the molecule is O=C1c2c(N3CCC(C(F)F)C3)ccnc2CN1CCc1nc2ccccc2s1. The highest BCUT2D eigenvalue weighted by Crippen LogP contribution is 2.34. The Kier molecular flexibility index (Phi) is 4.66. The zero-order valence-electron chi connectivity index (χ0n) is 15.7. The lowest BCUT2D eigenvalue weighted by atomic mass is 10.1. The molecule has 1 atom stereocenters. The summed E-state index contributed by atoms with van der Waals surface area (Å²) in [5, 5.41) is 1.00. The van der Waals surface area contributed by atoms with E-state index in [9.17, 15) is 13.6 Å². The van der Waals surface area contributed by atoms with Gasteiger partial charge in [0.1, 0.15) is 0 Å². The first-order valence-corrected chi connectivity index (χ1v) is 10.6. The van der Waals surface area contributed by atoms with Gasteiger partial charge in [-0.15, -0.1) is 11.3 Å². The van der Waals surface area contributed by atoms with Crippen LogP contribution in [0.15, 0.2) is 36.5 Å². The second kappa shape index (κ2) is 7.33. The number of amides is 1. The number of carbonyl (C=O) groups is 1. The summed E-state index contributed by atoms with van der Waals surface area (Å²) in [7, 11) is 0. The lowest BCUT2D eigenvalue weighted by molar-refractivity contribution is 0.0780. The Hall–Kier alpha value is -2.61. The Morgan fingerprint density at radius 2 is 2.10 bits per heavy atom. The van der Waals surface area contributed by atoms with Gasteiger partial charge in [-0.05, 0) is 24.6 Å². The third-order valence-electron chi connectivity index (χ3n) is 5.70. The average Bonchev–Trinajstić information content (AvgIpc) is 3.43. The van der Waals surface area contributed by atoms with Crippen LogP contribution in [0.2, 0.25) is 0 Å². The van der Waals surface area contributed by atoms with Crippen molar-refractivity contribution in [1.82, 2.24) is 14.9 Å². The zero-order chi connectivity index (χ0) is 20.0. The minimum atomic E-state index is -2.32. The van der Waals surface area contributed by atoms with Crippen LogP contribution in [-0.4, -0.2) is 46.8 Å². The minimum Gasteiger partial charge on any atom is -0.370 e. The van der Waals surface area contributed by atoms with Gasteiger partial charge in [0.05, 0.1) is 38.7 Å². The monoisotopic (exact) mass is 414 g/mol. The third-order valence-corrected chi connectivity index (χ3v) is 6.80. The number of anilines is 1. The van der Waals surface area contributed by atoms with Crippen LogP contribution in [0.3, 0.4) is 0 Å². The molecule has 5 nitrogen and oxygen atoms in total. The maximum atomic E-state index is 13.1. The summed E-state index contributed by atoms with van der Waals surface area (Å²) < 4.78 is 27.3. The Labute approximate surface area is 171 Å². The number of pyridine rings is 1. The summed E-state index contributed by atoms with van der Waals surface area (Å²) in [6, 6.07) is 9.78. The molecule has 2 aromatic heterocycles. The number of benzene rings is 1. The largest absolute Gasteiger partial charge is 0.370 e. The Bertz CT molecular complexity index is 1040. The molecular weight excluding hydrogens is 394 g/mol. The Balaban J connectivity index is 1.32. The van der Waals surface area contributed by atoms with Gasteiger partial charge in [-0.1, -0.05) is 12.1 Å². The zero-order valence-corrected chi connectivity index (χ0v) is 16.5. The van der Waals surface area contributed by atoms with Gasteiger partial charge in [0, 0.05) is 38.2 Å². The molecule has 0 bridgehead atoms. The molecule has 29 heavy (non-hydrogen) atoms. The molecule has 0 N–H and O–H groups in total. The second-order valence-corrected chi connectivity index (χ2v) is 8.65. The van der Waals surface area contributed by atoms with Crippen LogP contribution in [0.25, 0.3) is 10.2 Å². The van der Waals surface area contributed by atoms with E-state index < -0.39 is 12.3 Å². The molecule has 2 aliphatic rings. The van der Waals surface area contributed by atoms with E-state index in [-0.39, 0.29) is 12.5 Å². The normalized spacial score (nSPS) is 19.0. The van der Waals surface area contributed by atoms with E-state index in [1.54, 1.807) is 28.5 Å². The number of alkyl halides is 2. The van der Waals surface area contributed by atoms with Crippen LogP contribution in [0, 0.1) is 5.92 Å². The second-order valence-electron chi connectivity index (χ2n) is 7.53. The number of carbonyl (C=O) groups excluding carboxylic acids is 1. The molecule has 1 saturated heterocycles. The van der Waals surface area contributed by atoms with Gasteiger partial charge in [-0.3, -0.25) is 9.78 Å². The number of hydrogen-bond donors (Lipinski definition) is 0. The fourth-order valence-corrected chi connectivity index (χ4v) is 5.13. The van der Waals surface area contributed by atoms with Gasteiger partial charge in [-0.25, -0.2) is 13.8 Å². The molecule has 1 unspecified atom stereocenters. The highest BCUT2D eigenvalue weighted by Gasteiger charge is 2.36. The van der Waals surface area contributed by atoms with Crippen molar-refractivity contribution < 1.29 is 13.6 Å². The quantitative estimate of drug-likeness (QED) is 0.634. The summed E-state index contributed by atoms with van der Waals surface area (Å²) in [5.41, 5.74) is 3.03. The fraction of sp³-hybridized carbons (Fsp3) is 0.381. The molecule has 0 spiro atoms. The maximum Gasteiger partial charge on any atom is 0.258 e. The summed E-state index contributed by atoms with van der Waals surface area (Å²) in [6.45, 7) is 1.85. The molecule has 5 rings (SSSR count). The van der Waals surface area contributed by atoms with Crippen molar-refractivity contribution in [3.05, 3.63) is 52.8 Å². The van der Waals surface area contributed by atoms with Gasteiger partial charge in [0.25, 0.3) is 5.91 Å². The third kappa shape index (κ3) is 3.35. The molecule has 1 amide bonds. The van der Waals surface area contributed by atoms with E-state index >= 15 is 0 Å². The number of nitrogens with zero attached hydrogens (tertiary/aromatic N) is 4. The van der Waals surface area contributed by atoms with Crippen LogP contribution >= 0.6 is 11.3 Å². The molecule has 1 fully saturated rings. The summed E-state index contributed by atoms with van der Waals surface area (Å²) in [4.78, 5) is 25.8. The van der Waals surface area contributed by atoms with E-state index in [2.05, 4.69) is 9.97 Å². The summed E-state index contributed by atoms with van der Waals surface area (Å²) in [6.07, 6.45) is 0.486. The molecule has 3 aromatic rings. The fourth-order valence-electron chi connectivity index (χ4n) is 4.17. The predicted molar refractivity (Wildman–Crippen MR) is 109 cm³/mol. The van der Waals surface area contributed by atoms with Crippen LogP contribution in [0.4, 0.5) is 14.5 Å². The first kappa shape index (κ1) is 18.4. The number of thiazole rings is 1. The van der Waals surface area contributed by atoms with Crippen LogP contribution in [0.1, 0.15) is 27.5 Å². The molecular formula is C21H20F2N4OS. The van der Waals surface area contributed by atoms with E-state index in [0.29, 0.717) is 38.0 Å². The summed E-state index contributed by atoms with van der Waals surface area (Å²) in [5.74, 6) is -0.699. The van der Waals surface area contributed by atoms with Crippen LogP contribution < -0.4 is 4.90 Å². The molecule has 0 saturated carbocycles. The molecule has 4 heterocycles. The van der Waals surface area contributed by atoms with Crippen molar-refractivity contribution in [2.75, 3.05) is 24.5 Å². The number of fused-ring (bicyclic) bond motifs is 2. The number of para-hydroxylation sites is 1. The maximum absolute atomic E-state index is 13.1. The first-order chi connectivity index (χ1) is 14.1. The lowest BCUT2D eigenvalue weighted by Gasteiger charge is -2.21. The molecule has 8 heteroatoms. The highest BCUT2D eigenvalue weighted by molar-refractivity contribution is 7.18. The van der Waals surface area contributed by atoms with Crippen molar-refractivity contribution >= 4 is 33.1 Å². The van der Waals surface area contributed by atoms with E-state index in [4.69, 9.17) is 0 Å². The molecule has 1 aromatic carbocycles. The topological polar surface area (TPSA) is 49.3 Å². The van der Waals surface area contributed by atoms with Gasteiger partial charge in [-0.2, -0.15) is 0 Å². The Morgan fingerprint density at radius 3 is 2.90 bits per heavy atom. The van der Waals surface area contributed by atoms with Crippen molar-refractivity contribution in [3.8, 4) is 0 Å². The van der Waals surface area contributed by atoms with E-state index in [1.165, 1.54) is 0 Å². The van der Waals surface area contributed by atoms with Gasteiger partial charge in [0.2, 0.25) is 6.43 Å². The summed E-state index contributed by atoms with van der Waals surface area (Å²) >= 11 is 1.65. The molecule has 2 aliphatic heterocycles. The number of aromatic nitrogens is 2. The van der Waals surface area contributed by atoms with Crippen molar-refractivity contribution in [2.45, 2.75) is 25.8 Å². The van der Waals surface area contributed by atoms with Gasteiger partial charge < -0.3 is 9.80 Å². The van der Waals surface area contributed by atoms with Gasteiger partial charge in [0.15, 0.2) is 0 Å². The lowest BCUT2D eigenvalue weighted by Crippen LogP contribution is -2.28. The molecule has 150 valence electrons. The Morgan fingerprint density at radius 1 is 1.24 bits per heavy atom. The minimum absolute atomic E-state index is 0.0651. The van der Waals surface area contributed by atoms with Crippen LogP contribution in [0.5, 0.6) is 0 Å². The van der Waals surface area contributed by atoms with Crippen molar-refractivity contribution in [2.24, 2.45) is 5.92 Å². The van der Waals surface area contributed by atoms with E-state index in [1.807, 2.05) is 29.2 Å². The highest BCUT2D eigenvalue weighted by atomic mass is 32.1. The van der Waals surface area contributed by atoms with Crippen molar-refractivity contribution in [3.63, 3.8) is 0 Å².